The molecule has 0 heterocycles. The lowest BCUT2D eigenvalue weighted by Crippen LogP contribution is -2.29. The van der Waals surface area contributed by atoms with Gasteiger partial charge in [-0.25, -0.2) is 19.4 Å². The van der Waals surface area contributed by atoms with Gasteiger partial charge in [0.1, 0.15) is 11.2 Å². The summed E-state index contributed by atoms with van der Waals surface area (Å²) in [5, 5.41) is 0. The lowest BCUT2D eigenvalue weighted by molar-refractivity contribution is -0.397. The van der Waals surface area contributed by atoms with Crippen LogP contribution in [-0.4, -0.2) is 41.1 Å². The molecule has 0 aliphatic rings. The molecular formula is C20H40O9. The van der Waals surface area contributed by atoms with Crippen molar-refractivity contribution in [3.8, 4) is 0 Å². The zero-order valence-electron chi connectivity index (χ0n) is 20.1. The van der Waals surface area contributed by atoms with Gasteiger partial charge in [0, 0.05) is 0 Å². The highest BCUT2D eigenvalue weighted by Gasteiger charge is 2.21. The molecule has 0 amide bonds. The molecule has 0 unspecified atom stereocenters. The lowest BCUT2D eigenvalue weighted by atomic mass is 10.1. The summed E-state index contributed by atoms with van der Waals surface area (Å²) in [6, 6.07) is 0. The second kappa shape index (κ2) is 12.3. The number of hydrogen-bond acceptors (Lipinski definition) is 9. The van der Waals surface area contributed by atoms with E-state index in [-0.39, 0.29) is 11.2 Å². The fourth-order valence-electron chi connectivity index (χ4n) is 0.793. The Labute approximate surface area is 175 Å². The summed E-state index contributed by atoms with van der Waals surface area (Å²) in [4.78, 5) is 50.6. The van der Waals surface area contributed by atoms with Gasteiger partial charge in [-0.2, -0.15) is 9.78 Å². The van der Waals surface area contributed by atoms with Gasteiger partial charge in [-0.15, -0.1) is 0 Å². The van der Waals surface area contributed by atoms with E-state index < -0.39 is 29.9 Å². The van der Waals surface area contributed by atoms with Crippen LogP contribution in [0.5, 0.6) is 0 Å². The molecule has 0 rings (SSSR count). The average molecular weight is 425 g/mol. The lowest BCUT2D eigenvalue weighted by Gasteiger charge is -2.27. The predicted molar refractivity (Wildman–Crippen MR) is 106 cm³/mol. The van der Waals surface area contributed by atoms with Gasteiger partial charge in [0.2, 0.25) is 0 Å². The van der Waals surface area contributed by atoms with Crippen LogP contribution in [0.4, 0.5) is 4.79 Å². The highest BCUT2D eigenvalue weighted by molar-refractivity contribution is 5.73. The van der Waals surface area contributed by atoms with E-state index >= 15 is 0 Å². The number of carbonyl (C=O) groups is 2. The van der Waals surface area contributed by atoms with Crippen molar-refractivity contribution < 1.29 is 43.7 Å². The van der Waals surface area contributed by atoms with E-state index in [0.29, 0.717) is 0 Å². The Morgan fingerprint density at radius 2 is 1.03 bits per heavy atom. The third-order valence-electron chi connectivity index (χ3n) is 2.42. The molecule has 0 aliphatic heterocycles. The van der Waals surface area contributed by atoms with E-state index in [9.17, 15) is 9.59 Å². The van der Waals surface area contributed by atoms with Gasteiger partial charge >= 0.3 is 12.1 Å². The van der Waals surface area contributed by atoms with E-state index in [2.05, 4.69) is 26.3 Å². The molecule has 174 valence electrons. The Bertz CT molecular complexity index is 450. The van der Waals surface area contributed by atoms with E-state index in [1.54, 1.807) is 41.5 Å². The van der Waals surface area contributed by atoms with E-state index in [4.69, 9.17) is 14.7 Å². The van der Waals surface area contributed by atoms with Gasteiger partial charge in [0.15, 0.2) is 6.61 Å². The van der Waals surface area contributed by atoms with Crippen LogP contribution in [0, 0.1) is 0 Å². The zero-order valence-corrected chi connectivity index (χ0v) is 20.1. The van der Waals surface area contributed by atoms with Gasteiger partial charge in [0.05, 0.1) is 11.2 Å². The van der Waals surface area contributed by atoms with Crippen LogP contribution < -0.4 is 0 Å². The summed E-state index contributed by atoms with van der Waals surface area (Å²) in [5.74, 6) is -0.849. The molecule has 0 N–H and O–H groups in total. The second-order valence-corrected chi connectivity index (χ2v) is 9.86. The minimum atomic E-state index is -1.13. The van der Waals surface area contributed by atoms with Crippen LogP contribution in [0.15, 0.2) is 0 Å². The van der Waals surface area contributed by atoms with Gasteiger partial charge in [-0.3, -0.25) is 9.78 Å². The Balaban J connectivity index is 0. The molecule has 0 atom stereocenters. The maximum Gasteiger partial charge on any atom is 0.541 e. The Morgan fingerprint density at radius 3 is 1.41 bits per heavy atom. The second-order valence-electron chi connectivity index (χ2n) is 9.86. The van der Waals surface area contributed by atoms with Gasteiger partial charge in [0.25, 0.3) is 0 Å². The fourth-order valence-corrected chi connectivity index (χ4v) is 0.793. The minimum absolute atomic E-state index is 0.173. The summed E-state index contributed by atoms with van der Waals surface area (Å²) in [6.45, 7) is 21.6. The molecule has 0 saturated heterocycles. The minimum Gasteiger partial charge on any atom is -0.420 e. The molecule has 9 nitrogen and oxygen atoms in total. The molecule has 0 saturated carbocycles. The first-order chi connectivity index (χ1) is 12.8. The molecule has 0 radical (unpaired) electrons. The normalized spacial score (nSPS) is 12.6. The molecule has 0 fully saturated rings. The standard InChI is InChI=1S/C11H20O7.C9H20O2/c1-10(2,3)17-15-8(12)7-14-9(13)16-18-11(4,5)6;1-7-9(5,6)11-10-8(2,3)4/h7H2,1-6H3;7H2,1-6H3. The summed E-state index contributed by atoms with van der Waals surface area (Å²) < 4.78 is 4.42. The summed E-state index contributed by atoms with van der Waals surface area (Å²) in [6.07, 6.45) is -0.180. The molecular weight excluding hydrogens is 384 g/mol. The fraction of sp³-hybridized carbons (Fsp3) is 0.900. The first-order valence-electron chi connectivity index (χ1n) is 9.54. The molecule has 0 aliphatic carbocycles. The predicted octanol–water partition coefficient (Wildman–Crippen LogP) is 5.06. The zero-order chi connectivity index (χ0) is 23.5. The van der Waals surface area contributed by atoms with Gasteiger partial charge in [-0.1, -0.05) is 6.92 Å². The maximum absolute atomic E-state index is 11.1. The molecule has 0 aromatic heterocycles. The third kappa shape index (κ3) is 24.5. The summed E-state index contributed by atoms with van der Waals surface area (Å²) in [5.41, 5.74) is -1.68. The van der Waals surface area contributed by atoms with Crippen LogP contribution in [0.3, 0.4) is 0 Å². The molecule has 29 heavy (non-hydrogen) atoms. The summed E-state index contributed by atoms with van der Waals surface area (Å²) in [7, 11) is 0. The van der Waals surface area contributed by atoms with E-state index in [0.717, 1.165) is 6.42 Å². The third-order valence-corrected chi connectivity index (χ3v) is 2.42. The Kier molecular flexibility index (Phi) is 12.6. The van der Waals surface area contributed by atoms with E-state index in [1.165, 1.54) is 0 Å². The molecule has 0 spiro atoms. The van der Waals surface area contributed by atoms with E-state index in [1.807, 2.05) is 34.6 Å². The smallest absolute Gasteiger partial charge is 0.420 e. The van der Waals surface area contributed by atoms with Crippen molar-refractivity contribution in [2.45, 2.75) is 112 Å². The Hall–Kier alpha value is -1.42. The topological polar surface area (TPSA) is 98.8 Å². The van der Waals surface area contributed by atoms with Crippen LogP contribution >= 0.6 is 0 Å². The van der Waals surface area contributed by atoms with Crippen molar-refractivity contribution in [2.75, 3.05) is 6.61 Å². The first-order valence-corrected chi connectivity index (χ1v) is 9.54. The molecule has 0 aromatic rings. The van der Waals surface area contributed by atoms with Gasteiger partial charge in [-0.05, 0) is 82.6 Å². The first kappa shape index (κ1) is 29.8. The summed E-state index contributed by atoms with van der Waals surface area (Å²) >= 11 is 0. The number of ether oxygens (including phenoxy) is 1. The van der Waals surface area contributed by atoms with Crippen molar-refractivity contribution in [3.63, 3.8) is 0 Å². The highest BCUT2D eigenvalue weighted by atomic mass is 17.2. The van der Waals surface area contributed by atoms with Crippen LogP contribution in [0.25, 0.3) is 0 Å². The SMILES string of the molecule is CC(C)(C)OOC(=O)COC(=O)OOC(C)(C)C.CCC(C)(C)OOC(C)(C)C. The molecule has 0 aromatic carbocycles. The van der Waals surface area contributed by atoms with Crippen LogP contribution in [0.2, 0.25) is 0 Å². The van der Waals surface area contributed by atoms with Crippen LogP contribution in [-0.2, 0) is 38.9 Å². The van der Waals surface area contributed by atoms with Crippen LogP contribution in [0.1, 0.15) is 89.5 Å². The maximum atomic E-state index is 11.1. The van der Waals surface area contributed by atoms with Crippen molar-refractivity contribution in [3.05, 3.63) is 0 Å². The quantitative estimate of drug-likeness (QED) is 0.315. The van der Waals surface area contributed by atoms with Crippen molar-refractivity contribution in [1.82, 2.24) is 0 Å². The van der Waals surface area contributed by atoms with Crippen molar-refractivity contribution in [2.24, 2.45) is 0 Å². The Morgan fingerprint density at radius 1 is 0.621 bits per heavy atom. The number of rotatable bonds is 7. The van der Waals surface area contributed by atoms with Crippen molar-refractivity contribution >= 4 is 12.1 Å². The monoisotopic (exact) mass is 424 g/mol. The van der Waals surface area contributed by atoms with Crippen molar-refractivity contribution in [1.29, 1.82) is 0 Å². The average Bonchev–Trinajstić information content (AvgIpc) is 2.53. The number of carbonyl (C=O) groups excluding carboxylic acids is 2. The molecule has 9 heteroatoms. The van der Waals surface area contributed by atoms with Gasteiger partial charge < -0.3 is 4.74 Å². The molecule has 0 bridgehead atoms. The highest BCUT2D eigenvalue weighted by Crippen LogP contribution is 2.18. The number of hydrogen-bond donors (Lipinski definition) is 0. The largest absolute Gasteiger partial charge is 0.541 e.